The summed E-state index contributed by atoms with van der Waals surface area (Å²) in [5, 5.41) is 12.9. The Hall–Kier alpha value is -2.83. The maximum atomic E-state index is 12.2. The molecule has 7 nitrogen and oxygen atoms in total. The second-order valence-corrected chi connectivity index (χ2v) is 5.98. The van der Waals surface area contributed by atoms with Crippen LogP contribution in [0.1, 0.15) is 25.3 Å². The van der Waals surface area contributed by atoms with E-state index in [0.29, 0.717) is 6.42 Å². The number of hydrogen-bond donors (Lipinski definition) is 3. The fourth-order valence-electron chi connectivity index (χ4n) is 2.60. The van der Waals surface area contributed by atoms with Crippen LogP contribution in [0.25, 0.3) is 10.9 Å². The van der Waals surface area contributed by atoms with Crippen LogP contribution in [0.15, 0.2) is 30.5 Å². The number of rotatable bonds is 8. The van der Waals surface area contributed by atoms with Gasteiger partial charge in [-0.3, -0.25) is 9.59 Å². The van der Waals surface area contributed by atoms with E-state index in [1.54, 1.807) is 13.1 Å². The summed E-state index contributed by atoms with van der Waals surface area (Å²) in [6, 6.07) is 6.54. The number of para-hydroxylation sites is 1. The van der Waals surface area contributed by atoms with Gasteiger partial charge < -0.3 is 20.1 Å². The molecule has 0 saturated heterocycles. The lowest BCUT2D eigenvalue weighted by Gasteiger charge is -2.17. The highest BCUT2D eigenvalue weighted by atomic mass is 16.5. The number of H-pyrrole nitrogens is 1. The molecule has 0 bridgehead atoms. The van der Waals surface area contributed by atoms with Crippen LogP contribution in [-0.2, 0) is 25.5 Å². The van der Waals surface area contributed by atoms with Gasteiger partial charge in [0.15, 0.2) is 0 Å². The molecule has 2 atom stereocenters. The van der Waals surface area contributed by atoms with Crippen molar-refractivity contribution in [2.24, 2.45) is 5.92 Å². The van der Waals surface area contributed by atoms with Crippen molar-refractivity contribution in [2.45, 2.75) is 32.2 Å². The molecule has 1 heterocycles. The third-order valence-corrected chi connectivity index (χ3v) is 4.17. The number of carbonyl (C=O) groups excluding carboxylic acids is 2. The number of aromatic amines is 1. The second kappa shape index (κ2) is 8.32. The Morgan fingerprint density at radius 3 is 2.68 bits per heavy atom. The third kappa shape index (κ3) is 4.82. The van der Waals surface area contributed by atoms with E-state index in [-0.39, 0.29) is 12.8 Å². The van der Waals surface area contributed by atoms with Crippen molar-refractivity contribution >= 4 is 28.7 Å². The van der Waals surface area contributed by atoms with Gasteiger partial charge in [-0.1, -0.05) is 25.1 Å². The molecule has 1 aromatic carbocycles. The quantitative estimate of drug-likeness (QED) is 0.632. The van der Waals surface area contributed by atoms with Gasteiger partial charge in [-0.25, -0.2) is 4.79 Å². The molecule has 25 heavy (non-hydrogen) atoms. The first-order valence-electron chi connectivity index (χ1n) is 8.07. The van der Waals surface area contributed by atoms with E-state index in [1.807, 2.05) is 24.3 Å². The monoisotopic (exact) mass is 346 g/mol. The van der Waals surface area contributed by atoms with Gasteiger partial charge in [0.25, 0.3) is 0 Å². The summed E-state index contributed by atoms with van der Waals surface area (Å²) in [5.41, 5.74) is 1.74. The zero-order valence-corrected chi connectivity index (χ0v) is 14.2. The first kappa shape index (κ1) is 18.5. The van der Waals surface area contributed by atoms with Crippen molar-refractivity contribution in [3.8, 4) is 0 Å². The van der Waals surface area contributed by atoms with Gasteiger partial charge in [0.1, 0.15) is 6.04 Å². The van der Waals surface area contributed by atoms with Crippen molar-refractivity contribution in [1.29, 1.82) is 0 Å². The Bertz CT molecular complexity index is 768. The van der Waals surface area contributed by atoms with E-state index in [9.17, 15) is 19.5 Å². The highest BCUT2D eigenvalue weighted by Gasteiger charge is 2.24. The number of methoxy groups -OCH3 is 1. The van der Waals surface area contributed by atoms with Crippen molar-refractivity contribution in [3.05, 3.63) is 36.0 Å². The lowest BCUT2D eigenvalue weighted by Crippen LogP contribution is -2.44. The number of ether oxygens (including phenoxy) is 1. The molecule has 0 saturated carbocycles. The fourth-order valence-corrected chi connectivity index (χ4v) is 2.60. The van der Waals surface area contributed by atoms with E-state index in [0.717, 1.165) is 16.5 Å². The molecule has 1 unspecified atom stereocenters. The zero-order valence-electron chi connectivity index (χ0n) is 14.2. The van der Waals surface area contributed by atoms with Crippen LogP contribution < -0.4 is 5.32 Å². The van der Waals surface area contributed by atoms with Crippen molar-refractivity contribution in [1.82, 2.24) is 10.3 Å². The molecular weight excluding hydrogens is 324 g/mol. The van der Waals surface area contributed by atoms with Crippen LogP contribution in [0.4, 0.5) is 0 Å². The standard InChI is InChI=1S/C18H22N2O5/c1-11(7-8-16(21)25-2)17(22)20-15(18(23)24)9-12-10-19-14-6-4-3-5-13(12)14/h3-6,10-11,15,19H,7-9H2,1-2H3,(H,20,22)(H,23,24)/t11?,15-/m0/s1. The van der Waals surface area contributed by atoms with Gasteiger partial charge in [-0.2, -0.15) is 0 Å². The maximum Gasteiger partial charge on any atom is 0.326 e. The van der Waals surface area contributed by atoms with Crippen LogP contribution in [0.2, 0.25) is 0 Å². The first-order chi connectivity index (χ1) is 11.9. The predicted octanol–water partition coefficient (Wildman–Crippen LogP) is 1.87. The smallest absolute Gasteiger partial charge is 0.326 e. The number of aliphatic carboxylic acids is 1. The largest absolute Gasteiger partial charge is 0.480 e. The average Bonchev–Trinajstić information content (AvgIpc) is 3.01. The molecule has 2 rings (SSSR count). The number of carboxylic acids is 1. The van der Waals surface area contributed by atoms with Crippen LogP contribution in [0.3, 0.4) is 0 Å². The number of hydrogen-bond acceptors (Lipinski definition) is 4. The lowest BCUT2D eigenvalue weighted by molar-refractivity contribution is -0.143. The Morgan fingerprint density at radius 1 is 1.28 bits per heavy atom. The summed E-state index contributed by atoms with van der Waals surface area (Å²) in [6.07, 6.45) is 2.35. The summed E-state index contributed by atoms with van der Waals surface area (Å²) in [4.78, 5) is 38.0. The van der Waals surface area contributed by atoms with Crippen molar-refractivity contribution in [3.63, 3.8) is 0 Å². The topological polar surface area (TPSA) is 108 Å². The number of fused-ring (bicyclic) bond motifs is 1. The molecule has 3 N–H and O–H groups in total. The molecule has 2 aromatic rings. The van der Waals surface area contributed by atoms with E-state index in [4.69, 9.17) is 0 Å². The zero-order chi connectivity index (χ0) is 18.4. The molecule has 0 radical (unpaired) electrons. The number of carboxylic acid groups (broad SMARTS) is 1. The number of aromatic nitrogens is 1. The summed E-state index contributed by atoms with van der Waals surface area (Å²) in [5.74, 6) is -2.37. The van der Waals surface area contributed by atoms with Crippen LogP contribution in [-0.4, -0.2) is 41.1 Å². The molecule has 0 spiro atoms. The van der Waals surface area contributed by atoms with E-state index in [1.165, 1.54) is 7.11 Å². The molecule has 134 valence electrons. The van der Waals surface area contributed by atoms with E-state index < -0.39 is 29.8 Å². The number of nitrogens with one attached hydrogen (secondary N) is 2. The molecule has 0 fully saturated rings. The highest BCUT2D eigenvalue weighted by molar-refractivity contribution is 5.87. The molecule has 1 amide bonds. The molecule has 0 aliphatic rings. The Morgan fingerprint density at radius 2 is 2.00 bits per heavy atom. The molecule has 0 aliphatic carbocycles. The SMILES string of the molecule is COC(=O)CCC(C)C(=O)N[C@@H](Cc1c[nH]c2ccccc12)C(=O)O. The number of carbonyl (C=O) groups is 3. The van der Waals surface area contributed by atoms with Gasteiger partial charge in [-0.05, 0) is 18.1 Å². The third-order valence-electron chi connectivity index (χ3n) is 4.17. The van der Waals surface area contributed by atoms with Crippen molar-refractivity contribution < 1.29 is 24.2 Å². The second-order valence-electron chi connectivity index (χ2n) is 5.98. The summed E-state index contributed by atoms with van der Waals surface area (Å²) in [6.45, 7) is 1.66. The normalized spacial score (nSPS) is 13.2. The number of amides is 1. The Kier molecular flexibility index (Phi) is 6.16. The lowest BCUT2D eigenvalue weighted by atomic mass is 10.0. The van der Waals surface area contributed by atoms with Gasteiger partial charge in [-0.15, -0.1) is 0 Å². The summed E-state index contributed by atoms with van der Waals surface area (Å²) in [7, 11) is 1.29. The van der Waals surface area contributed by atoms with Gasteiger partial charge in [0.05, 0.1) is 7.11 Å². The summed E-state index contributed by atoms with van der Waals surface area (Å²) < 4.78 is 4.54. The minimum Gasteiger partial charge on any atom is -0.480 e. The summed E-state index contributed by atoms with van der Waals surface area (Å²) >= 11 is 0. The highest BCUT2D eigenvalue weighted by Crippen LogP contribution is 2.19. The predicted molar refractivity (Wildman–Crippen MR) is 92.0 cm³/mol. The van der Waals surface area contributed by atoms with Crippen molar-refractivity contribution in [2.75, 3.05) is 7.11 Å². The number of benzene rings is 1. The van der Waals surface area contributed by atoms with E-state index >= 15 is 0 Å². The first-order valence-corrected chi connectivity index (χ1v) is 8.07. The van der Waals surface area contributed by atoms with Gasteiger partial charge in [0.2, 0.25) is 5.91 Å². The minimum atomic E-state index is -1.10. The molecule has 0 aliphatic heterocycles. The van der Waals surface area contributed by atoms with Crippen LogP contribution in [0, 0.1) is 5.92 Å². The molecule has 1 aromatic heterocycles. The Balaban J connectivity index is 2.02. The van der Waals surface area contributed by atoms with Crippen LogP contribution >= 0.6 is 0 Å². The Labute approximate surface area is 145 Å². The molecule has 7 heteroatoms. The number of esters is 1. The minimum absolute atomic E-state index is 0.116. The van der Waals surface area contributed by atoms with E-state index in [2.05, 4.69) is 15.0 Å². The average molecular weight is 346 g/mol. The van der Waals surface area contributed by atoms with Gasteiger partial charge >= 0.3 is 11.9 Å². The molecular formula is C18H22N2O5. The van der Waals surface area contributed by atoms with Crippen LogP contribution in [0.5, 0.6) is 0 Å². The maximum absolute atomic E-state index is 12.2. The van der Waals surface area contributed by atoms with Gasteiger partial charge in [0, 0.05) is 35.9 Å². The fraction of sp³-hybridized carbons (Fsp3) is 0.389.